The van der Waals surface area contributed by atoms with Crippen molar-refractivity contribution in [3.8, 4) is 0 Å². The molecule has 1 rings (SSSR count). The molecular formula is C8H13N3O2S2. The van der Waals surface area contributed by atoms with Crippen LogP contribution >= 0.6 is 23.3 Å². The molecule has 7 heteroatoms. The second kappa shape index (κ2) is 6.62. The van der Waals surface area contributed by atoms with Crippen LogP contribution in [0.5, 0.6) is 0 Å². The molecule has 1 aromatic rings. The van der Waals surface area contributed by atoms with Crippen LogP contribution in [0.2, 0.25) is 0 Å². The van der Waals surface area contributed by atoms with E-state index in [0.29, 0.717) is 23.3 Å². The second-order valence-corrected chi connectivity index (χ2v) is 4.52. The van der Waals surface area contributed by atoms with E-state index in [1.54, 1.807) is 6.92 Å². The highest BCUT2D eigenvalue weighted by Crippen LogP contribution is 2.18. The number of ether oxygens (including phenoxy) is 1. The molecule has 0 aromatic carbocycles. The fraction of sp³-hybridized carbons (Fsp3) is 0.625. The lowest BCUT2D eigenvalue weighted by atomic mass is 10.3. The Morgan fingerprint density at radius 2 is 2.47 bits per heavy atom. The van der Waals surface area contributed by atoms with Crippen LogP contribution in [0.4, 0.5) is 5.13 Å². The summed E-state index contributed by atoms with van der Waals surface area (Å²) in [5.41, 5.74) is 5.43. The third kappa shape index (κ3) is 4.98. The molecule has 1 aromatic heterocycles. The minimum atomic E-state index is -0.149. The van der Waals surface area contributed by atoms with Crippen LogP contribution in [0.25, 0.3) is 0 Å². The van der Waals surface area contributed by atoms with Gasteiger partial charge in [0.25, 0.3) is 0 Å². The van der Waals surface area contributed by atoms with E-state index in [1.165, 1.54) is 23.3 Å². The number of rotatable bonds is 6. The topological polar surface area (TPSA) is 78.1 Å². The number of nitrogens with zero attached hydrogens (tertiary/aromatic N) is 2. The molecule has 0 amide bonds. The predicted octanol–water partition coefficient (Wildman–Crippen LogP) is 1.56. The van der Waals surface area contributed by atoms with Gasteiger partial charge in [-0.05, 0) is 13.3 Å². The number of nitrogens with two attached hydrogens (primary N) is 1. The zero-order valence-electron chi connectivity index (χ0n) is 8.43. The maximum Gasteiger partial charge on any atom is 0.305 e. The number of thioether (sulfide) groups is 1. The van der Waals surface area contributed by atoms with Gasteiger partial charge in [-0.15, -0.1) is 0 Å². The van der Waals surface area contributed by atoms with Crippen LogP contribution in [0.15, 0.2) is 5.16 Å². The van der Waals surface area contributed by atoms with E-state index >= 15 is 0 Å². The normalized spacial score (nSPS) is 10.2. The Bertz CT molecular complexity index is 317. The summed E-state index contributed by atoms with van der Waals surface area (Å²) in [5, 5.41) is 1.16. The Hall–Kier alpha value is -0.820. The number of esters is 1. The maximum absolute atomic E-state index is 11.0. The molecule has 0 spiro atoms. The van der Waals surface area contributed by atoms with Gasteiger partial charge >= 0.3 is 5.97 Å². The first kappa shape index (κ1) is 12.3. The van der Waals surface area contributed by atoms with Crippen LogP contribution in [-0.4, -0.2) is 27.7 Å². The van der Waals surface area contributed by atoms with Crippen LogP contribution in [0.3, 0.4) is 0 Å². The molecule has 5 nitrogen and oxygen atoms in total. The summed E-state index contributed by atoms with van der Waals surface area (Å²) in [5.74, 6) is 0.651. The highest BCUT2D eigenvalue weighted by molar-refractivity contribution is 7.99. The van der Waals surface area contributed by atoms with E-state index in [2.05, 4.69) is 9.36 Å². The summed E-state index contributed by atoms with van der Waals surface area (Å²) in [4.78, 5) is 15.0. The van der Waals surface area contributed by atoms with E-state index < -0.39 is 0 Å². The van der Waals surface area contributed by atoms with Crippen molar-refractivity contribution < 1.29 is 9.53 Å². The molecule has 0 radical (unpaired) electrons. The molecule has 15 heavy (non-hydrogen) atoms. The molecule has 2 N–H and O–H groups in total. The fourth-order valence-corrected chi connectivity index (χ4v) is 2.25. The highest BCUT2D eigenvalue weighted by atomic mass is 32.2. The number of anilines is 1. The minimum absolute atomic E-state index is 0.149. The summed E-state index contributed by atoms with van der Waals surface area (Å²) in [7, 11) is 0. The molecule has 0 aliphatic heterocycles. The summed E-state index contributed by atoms with van der Waals surface area (Å²) in [6.45, 7) is 2.24. The Labute approximate surface area is 96.6 Å². The Balaban J connectivity index is 2.09. The Kier molecular flexibility index (Phi) is 5.41. The first-order valence-electron chi connectivity index (χ1n) is 4.60. The first-order chi connectivity index (χ1) is 7.22. The molecule has 0 unspecified atom stereocenters. The van der Waals surface area contributed by atoms with Crippen molar-refractivity contribution in [2.45, 2.75) is 24.9 Å². The van der Waals surface area contributed by atoms with Crippen molar-refractivity contribution in [3.63, 3.8) is 0 Å². The Morgan fingerprint density at radius 3 is 3.07 bits per heavy atom. The minimum Gasteiger partial charge on any atom is -0.466 e. The van der Waals surface area contributed by atoms with Crippen LogP contribution < -0.4 is 5.73 Å². The molecule has 1 heterocycles. The van der Waals surface area contributed by atoms with Gasteiger partial charge in [0, 0.05) is 23.7 Å². The monoisotopic (exact) mass is 247 g/mol. The molecule has 0 fully saturated rings. The van der Waals surface area contributed by atoms with Crippen molar-refractivity contribution in [1.82, 2.24) is 9.36 Å². The van der Waals surface area contributed by atoms with E-state index in [4.69, 9.17) is 10.5 Å². The zero-order chi connectivity index (χ0) is 11.1. The zero-order valence-corrected chi connectivity index (χ0v) is 10.1. The van der Waals surface area contributed by atoms with Gasteiger partial charge in [0.2, 0.25) is 10.3 Å². The van der Waals surface area contributed by atoms with Gasteiger partial charge in [-0.25, -0.2) is 0 Å². The van der Waals surface area contributed by atoms with Crippen molar-refractivity contribution in [3.05, 3.63) is 0 Å². The lowest BCUT2D eigenvalue weighted by Crippen LogP contribution is -2.03. The first-order valence-corrected chi connectivity index (χ1v) is 6.36. The number of nitrogen functional groups attached to an aromatic ring is 1. The SMILES string of the molecule is CCOC(=O)CCCSc1nsc(N)n1. The van der Waals surface area contributed by atoms with Gasteiger partial charge in [0.05, 0.1) is 6.61 Å². The molecule has 0 saturated heterocycles. The van der Waals surface area contributed by atoms with Gasteiger partial charge in [-0.3, -0.25) is 4.79 Å². The third-order valence-electron chi connectivity index (χ3n) is 1.48. The van der Waals surface area contributed by atoms with Crippen molar-refractivity contribution in [2.75, 3.05) is 18.1 Å². The van der Waals surface area contributed by atoms with E-state index in [0.717, 1.165) is 12.2 Å². The maximum atomic E-state index is 11.0. The van der Waals surface area contributed by atoms with Gasteiger partial charge in [0.1, 0.15) is 0 Å². The van der Waals surface area contributed by atoms with Gasteiger partial charge in [-0.2, -0.15) is 9.36 Å². The van der Waals surface area contributed by atoms with E-state index in [1.807, 2.05) is 0 Å². The van der Waals surface area contributed by atoms with Crippen LogP contribution in [0.1, 0.15) is 19.8 Å². The smallest absolute Gasteiger partial charge is 0.305 e. The van der Waals surface area contributed by atoms with Crippen molar-refractivity contribution in [2.24, 2.45) is 0 Å². The predicted molar refractivity (Wildman–Crippen MR) is 60.9 cm³/mol. The number of hydrogen-bond acceptors (Lipinski definition) is 7. The third-order valence-corrected chi connectivity index (χ3v) is 3.08. The largest absolute Gasteiger partial charge is 0.466 e. The quantitative estimate of drug-likeness (QED) is 0.467. The molecule has 0 saturated carbocycles. The Morgan fingerprint density at radius 1 is 1.67 bits per heavy atom. The summed E-state index contributed by atoms with van der Waals surface area (Å²) < 4.78 is 8.82. The van der Waals surface area contributed by atoms with Crippen LogP contribution in [-0.2, 0) is 9.53 Å². The summed E-state index contributed by atoms with van der Waals surface area (Å²) >= 11 is 2.68. The summed E-state index contributed by atoms with van der Waals surface area (Å²) in [6, 6.07) is 0. The van der Waals surface area contributed by atoms with E-state index in [9.17, 15) is 4.79 Å². The van der Waals surface area contributed by atoms with Crippen molar-refractivity contribution in [1.29, 1.82) is 0 Å². The molecule has 84 valence electrons. The number of hydrogen-bond donors (Lipinski definition) is 1. The lowest BCUT2D eigenvalue weighted by molar-refractivity contribution is -0.143. The standard InChI is InChI=1S/C8H13N3O2S2/c1-2-13-6(12)4-3-5-14-8-10-7(9)15-11-8/h2-5H2,1H3,(H2,9,10,11). The molecule has 0 aliphatic carbocycles. The average molecular weight is 247 g/mol. The van der Waals surface area contributed by atoms with Gasteiger partial charge < -0.3 is 10.5 Å². The van der Waals surface area contributed by atoms with Gasteiger partial charge in [0.15, 0.2) is 0 Å². The molecule has 0 bridgehead atoms. The molecule has 0 atom stereocenters. The lowest BCUT2D eigenvalue weighted by Gasteiger charge is -1.99. The van der Waals surface area contributed by atoms with Gasteiger partial charge in [-0.1, -0.05) is 11.8 Å². The number of aromatic nitrogens is 2. The second-order valence-electron chi connectivity index (χ2n) is 2.67. The van der Waals surface area contributed by atoms with E-state index in [-0.39, 0.29) is 5.97 Å². The summed E-state index contributed by atoms with van der Waals surface area (Å²) in [6.07, 6.45) is 1.21. The van der Waals surface area contributed by atoms with Crippen LogP contribution in [0, 0.1) is 0 Å². The molecular weight excluding hydrogens is 234 g/mol. The number of carbonyl (C=O) groups is 1. The van der Waals surface area contributed by atoms with Crippen molar-refractivity contribution >= 4 is 34.4 Å². The highest BCUT2D eigenvalue weighted by Gasteiger charge is 2.04. The fourth-order valence-electron chi connectivity index (χ4n) is 0.893. The average Bonchev–Trinajstić information content (AvgIpc) is 2.60. The number of carbonyl (C=O) groups excluding carboxylic acids is 1. The molecule has 0 aliphatic rings.